The van der Waals surface area contributed by atoms with Gasteiger partial charge in [-0.15, -0.1) is 0 Å². The van der Waals surface area contributed by atoms with Crippen molar-refractivity contribution >= 4 is 15.7 Å². The second-order valence-electron chi connectivity index (χ2n) is 4.72. The molecule has 2 aromatic rings. The van der Waals surface area contributed by atoms with E-state index in [0.29, 0.717) is 22.6 Å². The molecule has 0 aliphatic rings. The fourth-order valence-corrected chi connectivity index (χ4v) is 3.66. The zero-order valence-corrected chi connectivity index (χ0v) is 12.5. The van der Waals surface area contributed by atoms with Crippen molar-refractivity contribution in [3.8, 4) is 0 Å². The van der Waals surface area contributed by atoms with Crippen molar-refractivity contribution in [3.63, 3.8) is 0 Å². The third-order valence-corrected chi connectivity index (χ3v) is 5.33. The van der Waals surface area contributed by atoms with Gasteiger partial charge in [0.15, 0.2) is 0 Å². The molecule has 0 spiro atoms. The first-order valence-electron chi connectivity index (χ1n) is 6.14. The van der Waals surface area contributed by atoms with Gasteiger partial charge in [-0.05, 0) is 31.0 Å². The average molecular weight is 294 g/mol. The Bertz CT molecular complexity index is 708. The van der Waals surface area contributed by atoms with E-state index < -0.39 is 10.0 Å². The number of nitrogens with zero attached hydrogens (tertiary/aromatic N) is 2. The quantitative estimate of drug-likeness (QED) is 0.834. The standard InChI is InChI=1S/C13H18N4O2S/c1-9-4-5-11(14)10(2)13(9)20(18,19)17(3)8-12-15-6-7-16-12/h4-7H,8,14H2,1-3H3,(H,15,16). The van der Waals surface area contributed by atoms with E-state index in [2.05, 4.69) is 9.97 Å². The molecule has 0 atom stereocenters. The van der Waals surface area contributed by atoms with Crippen molar-refractivity contribution in [2.45, 2.75) is 25.3 Å². The zero-order chi connectivity index (χ0) is 14.9. The summed E-state index contributed by atoms with van der Waals surface area (Å²) in [5.74, 6) is 0.593. The van der Waals surface area contributed by atoms with Crippen LogP contribution >= 0.6 is 0 Å². The number of benzene rings is 1. The molecule has 20 heavy (non-hydrogen) atoms. The number of hydrogen-bond acceptors (Lipinski definition) is 4. The molecule has 0 amide bonds. The third kappa shape index (κ3) is 2.54. The summed E-state index contributed by atoms with van der Waals surface area (Å²) in [6.45, 7) is 3.67. The fraction of sp³-hybridized carbons (Fsp3) is 0.308. The number of hydrogen-bond donors (Lipinski definition) is 2. The minimum absolute atomic E-state index is 0.184. The van der Waals surface area contributed by atoms with Gasteiger partial charge < -0.3 is 10.7 Å². The van der Waals surface area contributed by atoms with Gasteiger partial charge in [0.1, 0.15) is 5.82 Å². The number of sulfonamides is 1. The summed E-state index contributed by atoms with van der Waals surface area (Å²) in [7, 11) is -2.08. The minimum atomic E-state index is -3.61. The summed E-state index contributed by atoms with van der Waals surface area (Å²) >= 11 is 0. The van der Waals surface area contributed by atoms with Crippen LogP contribution in [0.3, 0.4) is 0 Å². The molecule has 6 nitrogen and oxygen atoms in total. The van der Waals surface area contributed by atoms with Crippen molar-refractivity contribution in [2.24, 2.45) is 0 Å². The summed E-state index contributed by atoms with van der Waals surface area (Å²) in [5.41, 5.74) is 7.56. The molecule has 0 bridgehead atoms. The summed E-state index contributed by atoms with van der Waals surface area (Å²) in [6, 6.07) is 3.44. The maximum absolute atomic E-state index is 12.7. The first-order chi connectivity index (χ1) is 9.34. The number of nitrogens with one attached hydrogen (secondary N) is 1. The molecule has 7 heteroatoms. The van der Waals surface area contributed by atoms with E-state index >= 15 is 0 Å². The smallest absolute Gasteiger partial charge is 0.243 e. The molecule has 0 aliphatic heterocycles. The predicted molar refractivity (Wildman–Crippen MR) is 77.6 cm³/mol. The Labute approximate surface area is 118 Å². The number of aromatic amines is 1. The van der Waals surface area contributed by atoms with Gasteiger partial charge in [0.25, 0.3) is 0 Å². The molecule has 108 valence electrons. The van der Waals surface area contributed by atoms with Crippen LogP contribution < -0.4 is 5.73 Å². The fourth-order valence-electron chi connectivity index (χ4n) is 2.08. The van der Waals surface area contributed by atoms with Crippen molar-refractivity contribution in [1.82, 2.24) is 14.3 Å². The second kappa shape index (κ2) is 5.26. The van der Waals surface area contributed by atoms with E-state index in [1.165, 1.54) is 11.4 Å². The van der Waals surface area contributed by atoms with Crippen molar-refractivity contribution in [1.29, 1.82) is 0 Å². The molecular formula is C13H18N4O2S. The lowest BCUT2D eigenvalue weighted by molar-refractivity contribution is 0.457. The molecule has 0 radical (unpaired) electrons. The molecule has 0 fully saturated rings. The van der Waals surface area contributed by atoms with Gasteiger partial charge in [0.2, 0.25) is 10.0 Å². The summed E-state index contributed by atoms with van der Waals surface area (Å²) in [5, 5.41) is 0. The average Bonchev–Trinajstić information content (AvgIpc) is 2.87. The van der Waals surface area contributed by atoms with Crippen LogP contribution in [0.4, 0.5) is 5.69 Å². The summed E-state index contributed by atoms with van der Waals surface area (Å²) in [4.78, 5) is 7.20. The van der Waals surface area contributed by atoms with Crippen molar-refractivity contribution in [2.75, 3.05) is 12.8 Å². The van der Waals surface area contributed by atoms with Gasteiger partial charge in [-0.2, -0.15) is 4.31 Å². The van der Waals surface area contributed by atoms with E-state index in [-0.39, 0.29) is 11.4 Å². The van der Waals surface area contributed by atoms with Gasteiger partial charge in [-0.1, -0.05) is 6.07 Å². The van der Waals surface area contributed by atoms with E-state index in [4.69, 9.17) is 5.73 Å². The largest absolute Gasteiger partial charge is 0.398 e. The highest BCUT2D eigenvalue weighted by atomic mass is 32.2. The molecule has 1 aromatic heterocycles. The minimum Gasteiger partial charge on any atom is -0.398 e. The third-order valence-electron chi connectivity index (χ3n) is 3.24. The van der Waals surface area contributed by atoms with Gasteiger partial charge in [0.05, 0.1) is 11.4 Å². The molecule has 3 N–H and O–H groups in total. The molecule has 0 unspecified atom stereocenters. The number of aryl methyl sites for hydroxylation is 1. The highest BCUT2D eigenvalue weighted by Gasteiger charge is 2.26. The van der Waals surface area contributed by atoms with E-state index in [1.54, 1.807) is 38.4 Å². The van der Waals surface area contributed by atoms with Gasteiger partial charge in [0, 0.05) is 25.1 Å². The number of anilines is 1. The predicted octanol–water partition coefficient (Wildman–Crippen LogP) is 1.43. The summed E-state index contributed by atoms with van der Waals surface area (Å²) in [6.07, 6.45) is 3.25. The number of imidazole rings is 1. The van der Waals surface area contributed by atoms with Crippen LogP contribution in [0.1, 0.15) is 17.0 Å². The zero-order valence-electron chi connectivity index (χ0n) is 11.7. The highest BCUT2D eigenvalue weighted by Crippen LogP contribution is 2.27. The monoisotopic (exact) mass is 294 g/mol. The van der Waals surface area contributed by atoms with E-state index in [1.807, 2.05) is 0 Å². The van der Waals surface area contributed by atoms with Gasteiger partial charge in [-0.3, -0.25) is 0 Å². The molecule has 1 aromatic carbocycles. The summed E-state index contributed by atoms with van der Waals surface area (Å²) < 4.78 is 26.6. The lowest BCUT2D eigenvalue weighted by atomic mass is 10.1. The number of rotatable bonds is 4. The number of nitrogens with two attached hydrogens (primary N) is 1. The Kier molecular flexibility index (Phi) is 3.82. The topological polar surface area (TPSA) is 92.1 Å². The molecule has 0 saturated heterocycles. The lowest BCUT2D eigenvalue weighted by Gasteiger charge is -2.20. The number of aromatic nitrogens is 2. The van der Waals surface area contributed by atoms with E-state index in [0.717, 1.165) is 0 Å². The Morgan fingerprint density at radius 3 is 2.65 bits per heavy atom. The van der Waals surface area contributed by atoms with Crippen LogP contribution in [-0.2, 0) is 16.6 Å². The first kappa shape index (κ1) is 14.5. The number of nitrogen functional groups attached to an aromatic ring is 1. The second-order valence-corrected chi connectivity index (χ2v) is 6.70. The van der Waals surface area contributed by atoms with Crippen LogP contribution in [0.15, 0.2) is 29.4 Å². The normalized spacial score (nSPS) is 12.0. The first-order valence-corrected chi connectivity index (χ1v) is 7.58. The molecule has 1 heterocycles. The Hall–Kier alpha value is -1.86. The van der Waals surface area contributed by atoms with Crippen LogP contribution in [0.5, 0.6) is 0 Å². The highest BCUT2D eigenvalue weighted by molar-refractivity contribution is 7.89. The van der Waals surface area contributed by atoms with E-state index in [9.17, 15) is 8.42 Å². The molecular weight excluding hydrogens is 276 g/mol. The van der Waals surface area contributed by atoms with Crippen LogP contribution in [0, 0.1) is 13.8 Å². The van der Waals surface area contributed by atoms with Crippen LogP contribution in [-0.4, -0.2) is 29.7 Å². The SMILES string of the molecule is Cc1ccc(N)c(C)c1S(=O)(=O)N(C)Cc1ncc[nH]1. The molecule has 0 aliphatic carbocycles. The van der Waals surface area contributed by atoms with Crippen molar-refractivity contribution in [3.05, 3.63) is 41.5 Å². The van der Waals surface area contributed by atoms with Crippen LogP contribution in [0.25, 0.3) is 0 Å². The van der Waals surface area contributed by atoms with Crippen molar-refractivity contribution < 1.29 is 8.42 Å². The van der Waals surface area contributed by atoms with Crippen LogP contribution in [0.2, 0.25) is 0 Å². The molecule has 0 saturated carbocycles. The Balaban J connectivity index is 2.42. The Morgan fingerprint density at radius 1 is 1.35 bits per heavy atom. The number of H-pyrrole nitrogens is 1. The lowest BCUT2D eigenvalue weighted by Crippen LogP contribution is -2.28. The molecule has 2 rings (SSSR count). The van der Waals surface area contributed by atoms with Gasteiger partial charge in [-0.25, -0.2) is 13.4 Å². The maximum atomic E-state index is 12.7. The Morgan fingerprint density at radius 2 is 2.05 bits per heavy atom. The van der Waals surface area contributed by atoms with Gasteiger partial charge >= 0.3 is 0 Å². The maximum Gasteiger partial charge on any atom is 0.243 e.